The van der Waals surface area contributed by atoms with Crippen LogP contribution in [0.15, 0.2) is 11.6 Å². The third-order valence-electron chi connectivity index (χ3n) is 1.22. The molecule has 3 heteroatoms. The van der Waals surface area contributed by atoms with E-state index >= 15 is 0 Å². The highest BCUT2D eigenvalue weighted by molar-refractivity contribution is 5.87. The van der Waals surface area contributed by atoms with E-state index < -0.39 is 0 Å². The van der Waals surface area contributed by atoms with Crippen LogP contribution in [0.1, 0.15) is 34.1 Å². The molecule has 0 aliphatic rings. The Labute approximate surface area is 73.7 Å². The fraction of sp³-hybridized carbons (Fsp3) is 0.667. The average molecular weight is 171 g/mol. The Kier molecular flexibility index (Phi) is 5.37. The van der Waals surface area contributed by atoms with E-state index in [9.17, 15) is 4.79 Å². The van der Waals surface area contributed by atoms with Crippen molar-refractivity contribution in [1.29, 1.82) is 0 Å². The maximum absolute atomic E-state index is 11.1. The molecule has 0 aromatic heterocycles. The molecule has 1 N–H and O–H groups in total. The Morgan fingerprint density at radius 2 is 2.17 bits per heavy atom. The first-order valence-electron chi connectivity index (χ1n) is 4.21. The molecule has 0 saturated carbocycles. The maximum Gasteiger partial charge on any atom is 0.352 e. The molecular formula is C9H17NO2. The average Bonchev–Trinajstić information content (AvgIpc) is 2.00. The smallest absolute Gasteiger partial charge is 0.352 e. The Hall–Kier alpha value is -0.830. The van der Waals surface area contributed by atoms with Crippen molar-refractivity contribution >= 4 is 5.97 Å². The predicted octanol–water partition coefficient (Wildman–Crippen LogP) is 1.80. The van der Waals surface area contributed by atoms with E-state index in [1.54, 1.807) is 6.92 Å². The van der Waals surface area contributed by atoms with Crippen LogP contribution in [0.3, 0.4) is 0 Å². The third-order valence-corrected chi connectivity index (χ3v) is 1.22. The molecule has 0 aromatic rings. The van der Waals surface area contributed by atoms with Crippen molar-refractivity contribution in [3.05, 3.63) is 11.6 Å². The van der Waals surface area contributed by atoms with Crippen molar-refractivity contribution in [3.8, 4) is 0 Å². The Bertz CT molecular complexity index is 173. The first-order chi connectivity index (χ1) is 5.57. The lowest BCUT2D eigenvalue weighted by Crippen LogP contribution is -2.26. The molecule has 0 amide bonds. The topological polar surface area (TPSA) is 38.3 Å². The van der Waals surface area contributed by atoms with Gasteiger partial charge in [-0.2, -0.15) is 5.48 Å². The van der Waals surface area contributed by atoms with Crippen molar-refractivity contribution < 1.29 is 9.63 Å². The second-order valence-corrected chi connectivity index (χ2v) is 2.96. The van der Waals surface area contributed by atoms with E-state index in [-0.39, 0.29) is 12.0 Å². The summed E-state index contributed by atoms with van der Waals surface area (Å²) in [6.45, 7) is 7.54. The van der Waals surface area contributed by atoms with Crippen molar-refractivity contribution in [2.24, 2.45) is 0 Å². The van der Waals surface area contributed by atoms with E-state index in [2.05, 4.69) is 5.48 Å². The lowest BCUT2D eigenvalue weighted by Gasteiger charge is -2.07. The highest BCUT2D eigenvalue weighted by Gasteiger charge is 2.05. The van der Waals surface area contributed by atoms with Crippen molar-refractivity contribution in [2.75, 3.05) is 0 Å². The molecule has 0 aliphatic carbocycles. The van der Waals surface area contributed by atoms with Crippen LogP contribution in [-0.2, 0) is 9.63 Å². The maximum atomic E-state index is 11.1. The van der Waals surface area contributed by atoms with Crippen molar-refractivity contribution in [2.45, 2.75) is 40.2 Å². The molecule has 0 rings (SSSR count). The SMILES string of the molecule is CCC=C(C)C(=O)ONC(C)C. The number of rotatable bonds is 4. The van der Waals surface area contributed by atoms with E-state index in [0.717, 1.165) is 6.42 Å². The van der Waals surface area contributed by atoms with Gasteiger partial charge in [0.05, 0.1) is 0 Å². The summed E-state index contributed by atoms with van der Waals surface area (Å²) in [4.78, 5) is 15.8. The van der Waals surface area contributed by atoms with Gasteiger partial charge < -0.3 is 4.84 Å². The minimum absolute atomic E-state index is 0.156. The highest BCUT2D eigenvalue weighted by Crippen LogP contribution is 1.97. The van der Waals surface area contributed by atoms with Crippen LogP contribution < -0.4 is 5.48 Å². The molecule has 0 atom stereocenters. The third kappa shape index (κ3) is 4.91. The van der Waals surface area contributed by atoms with Crippen LogP contribution in [0.5, 0.6) is 0 Å². The predicted molar refractivity (Wildman–Crippen MR) is 48.4 cm³/mol. The molecule has 3 nitrogen and oxygen atoms in total. The van der Waals surface area contributed by atoms with Crippen LogP contribution in [0.4, 0.5) is 0 Å². The summed E-state index contributed by atoms with van der Waals surface area (Å²) in [7, 11) is 0. The number of carbonyl (C=O) groups excluding carboxylic acids is 1. The summed E-state index contributed by atoms with van der Waals surface area (Å²) >= 11 is 0. The first kappa shape index (κ1) is 11.2. The monoisotopic (exact) mass is 171 g/mol. The number of allylic oxidation sites excluding steroid dienone is 1. The van der Waals surface area contributed by atoms with Crippen LogP contribution in [-0.4, -0.2) is 12.0 Å². The molecule has 0 heterocycles. The molecule has 0 saturated heterocycles. The molecule has 0 bridgehead atoms. The summed E-state index contributed by atoms with van der Waals surface area (Å²) in [5.41, 5.74) is 3.24. The molecule has 0 aliphatic heterocycles. The number of hydrogen-bond acceptors (Lipinski definition) is 3. The summed E-state index contributed by atoms with van der Waals surface area (Å²) in [5.74, 6) is -0.300. The van der Waals surface area contributed by atoms with E-state index in [1.807, 2.05) is 26.8 Å². The lowest BCUT2D eigenvalue weighted by molar-refractivity contribution is -0.147. The molecule has 70 valence electrons. The summed E-state index contributed by atoms with van der Waals surface area (Å²) < 4.78 is 0. The van der Waals surface area contributed by atoms with Crippen LogP contribution in [0.25, 0.3) is 0 Å². The standard InChI is InChI=1S/C9H17NO2/c1-5-6-8(4)9(11)12-10-7(2)3/h6-7,10H,5H2,1-4H3. The molecule has 0 aromatic carbocycles. The molecule has 0 fully saturated rings. The second-order valence-electron chi connectivity index (χ2n) is 2.96. The van der Waals surface area contributed by atoms with E-state index in [0.29, 0.717) is 5.57 Å². The zero-order valence-corrected chi connectivity index (χ0v) is 8.18. The van der Waals surface area contributed by atoms with Gasteiger partial charge in [-0.05, 0) is 27.2 Å². The molecular weight excluding hydrogens is 154 g/mol. The van der Waals surface area contributed by atoms with Gasteiger partial charge in [0, 0.05) is 11.6 Å². The molecule has 0 unspecified atom stereocenters. The number of hydroxylamine groups is 1. The largest absolute Gasteiger partial charge is 0.367 e. The van der Waals surface area contributed by atoms with Gasteiger partial charge in [0.1, 0.15) is 0 Å². The van der Waals surface area contributed by atoms with Crippen LogP contribution in [0, 0.1) is 0 Å². The Morgan fingerprint density at radius 1 is 1.58 bits per heavy atom. The van der Waals surface area contributed by atoms with Gasteiger partial charge in [0.15, 0.2) is 0 Å². The Balaban J connectivity index is 3.80. The first-order valence-corrected chi connectivity index (χ1v) is 4.21. The van der Waals surface area contributed by atoms with Gasteiger partial charge in [0.2, 0.25) is 0 Å². The summed E-state index contributed by atoms with van der Waals surface area (Å²) in [5, 5.41) is 0. The number of hydrogen-bond donors (Lipinski definition) is 1. The number of nitrogens with one attached hydrogen (secondary N) is 1. The highest BCUT2D eigenvalue weighted by atomic mass is 16.7. The van der Waals surface area contributed by atoms with Gasteiger partial charge in [-0.25, -0.2) is 4.79 Å². The summed E-state index contributed by atoms with van der Waals surface area (Å²) in [6.07, 6.45) is 2.69. The summed E-state index contributed by atoms with van der Waals surface area (Å²) in [6, 6.07) is 0.156. The minimum atomic E-state index is -0.300. The zero-order valence-electron chi connectivity index (χ0n) is 8.18. The minimum Gasteiger partial charge on any atom is -0.367 e. The zero-order chi connectivity index (χ0) is 9.56. The normalized spacial score (nSPS) is 11.9. The van der Waals surface area contributed by atoms with Gasteiger partial charge in [-0.3, -0.25) is 0 Å². The van der Waals surface area contributed by atoms with Crippen LogP contribution >= 0.6 is 0 Å². The Morgan fingerprint density at radius 3 is 2.58 bits per heavy atom. The van der Waals surface area contributed by atoms with Crippen LogP contribution in [0.2, 0.25) is 0 Å². The van der Waals surface area contributed by atoms with Gasteiger partial charge in [-0.1, -0.05) is 13.0 Å². The molecule has 0 radical (unpaired) electrons. The van der Waals surface area contributed by atoms with Crippen molar-refractivity contribution in [3.63, 3.8) is 0 Å². The molecule has 0 spiro atoms. The number of carbonyl (C=O) groups is 1. The fourth-order valence-electron chi connectivity index (χ4n) is 0.641. The van der Waals surface area contributed by atoms with E-state index in [4.69, 9.17) is 4.84 Å². The van der Waals surface area contributed by atoms with Gasteiger partial charge in [0.25, 0.3) is 0 Å². The van der Waals surface area contributed by atoms with Gasteiger partial charge in [-0.15, -0.1) is 0 Å². The quantitative estimate of drug-likeness (QED) is 0.517. The van der Waals surface area contributed by atoms with E-state index in [1.165, 1.54) is 0 Å². The second kappa shape index (κ2) is 5.77. The van der Waals surface area contributed by atoms with Crippen molar-refractivity contribution in [1.82, 2.24) is 5.48 Å². The lowest BCUT2D eigenvalue weighted by atomic mass is 10.2. The molecule has 12 heavy (non-hydrogen) atoms. The fourth-order valence-corrected chi connectivity index (χ4v) is 0.641. The van der Waals surface area contributed by atoms with Gasteiger partial charge >= 0.3 is 5.97 Å².